The fourth-order valence-electron chi connectivity index (χ4n) is 3.19. The summed E-state index contributed by atoms with van der Waals surface area (Å²) in [5.74, 6) is 0.320. The maximum absolute atomic E-state index is 12.8. The second-order valence-electron chi connectivity index (χ2n) is 7.95. The van der Waals surface area contributed by atoms with Gasteiger partial charge in [-0.1, -0.05) is 6.58 Å². The summed E-state index contributed by atoms with van der Waals surface area (Å²) in [5.41, 5.74) is 2.00. The Morgan fingerprint density at radius 1 is 1.30 bits per heavy atom. The molecule has 1 aliphatic rings. The van der Waals surface area contributed by atoms with Crippen molar-refractivity contribution in [2.45, 2.75) is 26.3 Å². The number of nitrogens with one attached hydrogen (secondary N) is 3. The molecule has 33 heavy (non-hydrogen) atoms. The van der Waals surface area contributed by atoms with E-state index >= 15 is 0 Å². The molecule has 0 radical (unpaired) electrons. The van der Waals surface area contributed by atoms with Crippen LogP contribution in [0.5, 0.6) is 0 Å². The van der Waals surface area contributed by atoms with Gasteiger partial charge in [0, 0.05) is 36.3 Å². The number of anilines is 1. The van der Waals surface area contributed by atoms with E-state index < -0.39 is 10.0 Å². The van der Waals surface area contributed by atoms with Crippen molar-refractivity contribution in [3.05, 3.63) is 58.3 Å². The van der Waals surface area contributed by atoms with Crippen molar-refractivity contribution < 1.29 is 13.2 Å². The molecule has 1 fully saturated rings. The smallest absolute Gasteiger partial charge is 0.254 e. The number of nitrogens with zero attached hydrogens (tertiary/aromatic N) is 3. The SMILES string of the molecule is C=C(Cn1c(C)nc(-c2ccc(C#N)cc2NC(=O)C2CC2)cc1=O)NCCNS(C)(=O)=O. The molecule has 10 nitrogen and oxygen atoms in total. The third-order valence-electron chi connectivity index (χ3n) is 5.04. The lowest BCUT2D eigenvalue weighted by molar-refractivity contribution is -0.117. The molecular weight excluding hydrogens is 444 g/mol. The summed E-state index contributed by atoms with van der Waals surface area (Å²) >= 11 is 0. The van der Waals surface area contributed by atoms with Crippen LogP contribution < -0.4 is 20.9 Å². The average molecular weight is 471 g/mol. The highest BCUT2D eigenvalue weighted by Crippen LogP contribution is 2.33. The van der Waals surface area contributed by atoms with Crippen molar-refractivity contribution in [1.29, 1.82) is 5.26 Å². The Morgan fingerprint density at radius 2 is 2.03 bits per heavy atom. The lowest BCUT2D eigenvalue weighted by Gasteiger charge is -2.16. The lowest BCUT2D eigenvalue weighted by atomic mass is 10.1. The number of amides is 1. The summed E-state index contributed by atoms with van der Waals surface area (Å²) in [6.07, 6.45) is 2.76. The van der Waals surface area contributed by atoms with E-state index in [1.165, 1.54) is 10.6 Å². The topological polar surface area (TPSA) is 146 Å². The molecule has 1 aromatic heterocycles. The Morgan fingerprint density at radius 3 is 2.64 bits per heavy atom. The zero-order valence-corrected chi connectivity index (χ0v) is 19.3. The first-order valence-electron chi connectivity index (χ1n) is 10.4. The van der Waals surface area contributed by atoms with Crippen LogP contribution in [-0.4, -0.2) is 43.2 Å². The van der Waals surface area contributed by atoms with Crippen LogP contribution in [0.4, 0.5) is 5.69 Å². The van der Waals surface area contributed by atoms with E-state index in [2.05, 4.69) is 33.0 Å². The molecule has 1 heterocycles. The molecule has 2 aromatic rings. The number of hydrogen-bond donors (Lipinski definition) is 3. The quantitative estimate of drug-likeness (QED) is 0.441. The average Bonchev–Trinajstić information content (AvgIpc) is 3.58. The minimum absolute atomic E-state index is 0.0163. The van der Waals surface area contributed by atoms with Crippen LogP contribution in [0.15, 0.2) is 41.3 Å². The molecular formula is C22H26N6O4S. The van der Waals surface area contributed by atoms with Gasteiger partial charge in [0.05, 0.1) is 35.8 Å². The standard InChI is InChI=1S/C22H26N6O4S/c1-14(24-8-9-25-33(3,31)32)13-28-15(2)26-20(11-21(28)29)18-7-4-16(12-23)10-19(18)27-22(30)17-5-6-17/h4,7,10-11,17,24-25H,1,5-6,8-9,13H2,2-3H3,(H,27,30). The molecule has 3 rings (SSSR count). The third-order valence-corrected chi connectivity index (χ3v) is 5.77. The Bertz CT molecular complexity index is 1290. The summed E-state index contributed by atoms with van der Waals surface area (Å²) < 4.78 is 26.0. The number of hydrogen-bond acceptors (Lipinski definition) is 7. The largest absolute Gasteiger partial charge is 0.386 e. The zero-order chi connectivity index (χ0) is 24.2. The van der Waals surface area contributed by atoms with Crippen LogP contribution in [0.25, 0.3) is 11.3 Å². The first-order valence-corrected chi connectivity index (χ1v) is 12.3. The Labute approximate surface area is 192 Å². The Hall–Kier alpha value is -3.49. The second kappa shape index (κ2) is 9.97. The number of allylic oxidation sites excluding steroid dienone is 1. The number of aromatic nitrogens is 2. The predicted molar refractivity (Wildman–Crippen MR) is 125 cm³/mol. The third kappa shape index (κ3) is 6.74. The normalized spacial score (nSPS) is 13.2. The van der Waals surface area contributed by atoms with Gasteiger partial charge in [0.25, 0.3) is 5.56 Å². The number of carbonyl (C=O) groups is 1. The Balaban J connectivity index is 1.78. The Kier molecular flexibility index (Phi) is 7.30. The van der Waals surface area contributed by atoms with Gasteiger partial charge in [0.1, 0.15) is 5.82 Å². The van der Waals surface area contributed by atoms with Gasteiger partial charge >= 0.3 is 0 Å². The fraction of sp³-hybridized carbons (Fsp3) is 0.364. The molecule has 0 atom stereocenters. The van der Waals surface area contributed by atoms with E-state index in [-0.39, 0.29) is 30.5 Å². The van der Waals surface area contributed by atoms with Crippen LogP contribution in [0.3, 0.4) is 0 Å². The molecule has 1 saturated carbocycles. The van der Waals surface area contributed by atoms with E-state index in [4.69, 9.17) is 0 Å². The van der Waals surface area contributed by atoms with Gasteiger partial charge in [-0.25, -0.2) is 18.1 Å². The molecule has 1 amide bonds. The van der Waals surface area contributed by atoms with Gasteiger partial charge < -0.3 is 10.6 Å². The second-order valence-corrected chi connectivity index (χ2v) is 9.78. The highest BCUT2D eigenvalue weighted by atomic mass is 32.2. The van der Waals surface area contributed by atoms with Gasteiger partial charge in [-0.05, 0) is 38.0 Å². The molecule has 1 aromatic carbocycles. The van der Waals surface area contributed by atoms with Crippen LogP contribution in [0, 0.1) is 24.2 Å². The molecule has 174 valence electrons. The number of carbonyl (C=O) groups excluding carboxylic acids is 1. The van der Waals surface area contributed by atoms with E-state index in [1.807, 2.05) is 0 Å². The minimum atomic E-state index is -3.27. The number of rotatable bonds is 10. The molecule has 3 N–H and O–H groups in total. The van der Waals surface area contributed by atoms with Gasteiger partial charge in [-0.2, -0.15) is 5.26 Å². The van der Waals surface area contributed by atoms with Crippen molar-refractivity contribution in [2.75, 3.05) is 24.7 Å². The summed E-state index contributed by atoms with van der Waals surface area (Å²) in [7, 11) is -3.27. The van der Waals surface area contributed by atoms with Crippen LogP contribution >= 0.6 is 0 Å². The van der Waals surface area contributed by atoms with E-state index in [1.54, 1.807) is 25.1 Å². The summed E-state index contributed by atoms with van der Waals surface area (Å²) in [4.78, 5) is 29.7. The minimum Gasteiger partial charge on any atom is -0.386 e. The monoisotopic (exact) mass is 470 g/mol. The molecule has 11 heteroatoms. The molecule has 0 unspecified atom stereocenters. The van der Waals surface area contributed by atoms with E-state index in [9.17, 15) is 23.3 Å². The van der Waals surface area contributed by atoms with E-state index in [0.29, 0.717) is 40.6 Å². The first-order chi connectivity index (χ1) is 15.6. The number of sulfonamides is 1. The van der Waals surface area contributed by atoms with Gasteiger partial charge in [0.2, 0.25) is 15.9 Å². The van der Waals surface area contributed by atoms with Gasteiger partial charge in [0.15, 0.2) is 0 Å². The highest BCUT2D eigenvalue weighted by Gasteiger charge is 2.30. The van der Waals surface area contributed by atoms with Crippen LogP contribution in [-0.2, 0) is 21.4 Å². The van der Waals surface area contributed by atoms with E-state index in [0.717, 1.165) is 19.1 Å². The molecule has 1 aliphatic carbocycles. The van der Waals surface area contributed by atoms with Crippen molar-refractivity contribution in [3.8, 4) is 17.3 Å². The number of benzene rings is 1. The van der Waals surface area contributed by atoms with Crippen LogP contribution in [0.2, 0.25) is 0 Å². The van der Waals surface area contributed by atoms with Gasteiger partial charge in [-0.15, -0.1) is 0 Å². The lowest BCUT2D eigenvalue weighted by Crippen LogP contribution is -2.33. The van der Waals surface area contributed by atoms with Crippen molar-refractivity contribution in [2.24, 2.45) is 5.92 Å². The summed E-state index contributed by atoms with van der Waals surface area (Å²) in [6, 6.07) is 8.29. The van der Waals surface area contributed by atoms with Gasteiger partial charge in [-0.3, -0.25) is 14.2 Å². The van der Waals surface area contributed by atoms with Crippen molar-refractivity contribution in [1.82, 2.24) is 19.6 Å². The maximum atomic E-state index is 12.8. The van der Waals surface area contributed by atoms with Crippen LogP contribution in [0.1, 0.15) is 24.2 Å². The molecule has 0 spiro atoms. The highest BCUT2D eigenvalue weighted by molar-refractivity contribution is 7.88. The fourth-order valence-corrected chi connectivity index (χ4v) is 3.67. The number of nitriles is 1. The summed E-state index contributed by atoms with van der Waals surface area (Å²) in [5, 5.41) is 15.1. The van der Waals surface area contributed by atoms with Crippen molar-refractivity contribution >= 4 is 21.6 Å². The molecule has 0 saturated heterocycles. The zero-order valence-electron chi connectivity index (χ0n) is 18.5. The van der Waals surface area contributed by atoms with Crippen molar-refractivity contribution in [3.63, 3.8) is 0 Å². The maximum Gasteiger partial charge on any atom is 0.254 e. The molecule has 0 bridgehead atoms. The number of aryl methyl sites for hydroxylation is 1. The summed E-state index contributed by atoms with van der Waals surface area (Å²) in [6.45, 7) is 6.24. The first kappa shape index (κ1) is 24.2. The molecule has 0 aliphatic heterocycles. The predicted octanol–water partition coefficient (Wildman–Crippen LogP) is 1.09.